The lowest BCUT2D eigenvalue weighted by Gasteiger charge is -2.24. The van der Waals surface area contributed by atoms with Crippen molar-refractivity contribution in [3.05, 3.63) is 0 Å². The van der Waals surface area contributed by atoms with E-state index in [1.165, 1.54) is 4.90 Å². The number of nitrogens with zero attached hydrogens (tertiary/aromatic N) is 1. The molecule has 0 aromatic rings. The molecule has 7 nitrogen and oxygen atoms in total. The van der Waals surface area contributed by atoms with Gasteiger partial charge in [0.1, 0.15) is 6.04 Å². The fourth-order valence-electron chi connectivity index (χ4n) is 2.13. The molecule has 7 heteroatoms. The van der Waals surface area contributed by atoms with Crippen molar-refractivity contribution in [3.63, 3.8) is 0 Å². The van der Waals surface area contributed by atoms with Crippen LogP contribution in [-0.2, 0) is 14.4 Å². The summed E-state index contributed by atoms with van der Waals surface area (Å²) >= 11 is 0. The number of carboxylic acids is 2. The molecular weight excluding hydrogens is 240 g/mol. The number of nitrogens with two attached hydrogens (primary N) is 1. The van der Waals surface area contributed by atoms with Crippen LogP contribution in [0.4, 0.5) is 0 Å². The lowest BCUT2D eigenvalue weighted by molar-refractivity contribution is -0.149. The second-order valence-corrected chi connectivity index (χ2v) is 4.49. The summed E-state index contributed by atoms with van der Waals surface area (Å²) in [6, 6.07) is -0.937. The molecule has 102 valence electrons. The number of rotatable bonds is 7. The van der Waals surface area contributed by atoms with Crippen molar-refractivity contribution >= 4 is 17.8 Å². The molecule has 18 heavy (non-hydrogen) atoms. The Morgan fingerprint density at radius 2 is 2.11 bits per heavy atom. The predicted octanol–water partition coefficient (Wildman–Crippen LogP) is -0.498. The Kier molecular flexibility index (Phi) is 5.08. The summed E-state index contributed by atoms with van der Waals surface area (Å²) in [5.41, 5.74) is 5.47. The van der Waals surface area contributed by atoms with Crippen molar-refractivity contribution in [2.45, 2.75) is 31.7 Å². The Hall–Kier alpha value is -1.63. The van der Waals surface area contributed by atoms with E-state index in [1.807, 2.05) is 0 Å². The van der Waals surface area contributed by atoms with Crippen LogP contribution in [-0.4, -0.2) is 52.1 Å². The van der Waals surface area contributed by atoms with Gasteiger partial charge in [0.2, 0.25) is 5.91 Å². The molecule has 1 aliphatic rings. The Balaban J connectivity index is 2.59. The quantitative estimate of drug-likeness (QED) is 0.566. The van der Waals surface area contributed by atoms with Gasteiger partial charge in [0.25, 0.3) is 0 Å². The molecule has 1 heterocycles. The summed E-state index contributed by atoms with van der Waals surface area (Å²) in [4.78, 5) is 34.5. The maximum Gasteiger partial charge on any atom is 0.326 e. The Labute approximate surface area is 105 Å². The van der Waals surface area contributed by atoms with Gasteiger partial charge in [0, 0.05) is 19.4 Å². The van der Waals surface area contributed by atoms with Crippen LogP contribution in [0.15, 0.2) is 0 Å². The van der Waals surface area contributed by atoms with E-state index in [1.54, 1.807) is 0 Å². The first-order valence-electron chi connectivity index (χ1n) is 5.89. The first-order valence-corrected chi connectivity index (χ1v) is 5.89. The van der Waals surface area contributed by atoms with Crippen LogP contribution in [0.25, 0.3) is 0 Å². The zero-order valence-electron chi connectivity index (χ0n) is 10.0. The molecule has 1 saturated heterocycles. The fourth-order valence-corrected chi connectivity index (χ4v) is 2.13. The van der Waals surface area contributed by atoms with E-state index in [0.717, 1.165) is 0 Å². The minimum Gasteiger partial charge on any atom is -0.481 e. The molecular formula is C11H18N2O5. The highest BCUT2D eigenvalue weighted by molar-refractivity contribution is 5.85. The van der Waals surface area contributed by atoms with Crippen molar-refractivity contribution < 1.29 is 24.6 Å². The third-order valence-corrected chi connectivity index (χ3v) is 3.10. The molecule has 0 radical (unpaired) electrons. The van der Waals surface area contributed by atoms with Gasteiger partial charge < -0.3 is 20.8 Å². The first kappa shape index (κ1) is 14.4. The van der Waals surface area contributed by atoms with Crippen LogP contribution in [0.2, 0.25) is 0 Å². The van der Waals surface area contributed by atoms with E-state index in [9.17, 15) is 14.4 Å². The molecule has 0 spiro atoms. The summed E-state index contributed by atoms with van der Waals surface area (Å²) in [6.45, 7) is 0.697. The van der Waals surface area contributed by atoms with Crippen molar-refractivity contribution in [2.24, 2.45) is 11.7 Å². The standard InChI is InChI=1S/C11H18N2O5/c12-5-7-4-9(14)13(6-7)8(11(17)18)2-1-3-10(15)16/h7-8H,1-6,12H2,(H,15,16)(H,17,18)/t7?,8-/m1/s1. The van der Waals surface area contributed by atoms with Crippen molar-refractivity contribution in [1.29, 1.82) is 0 Å². The summed E-state index contributed by atoms with van der Waals surface area (Å²) in [6.07, 6.45) is 0.583. The minimum atomic E-state index is -1.09. The van der Waals surface area contributed by atoms with Crippen molar-refractivity contribution in [1.82, 2.24) is 4.90 Å². The van der Waals surface area contributed by atoms with Gasteiger partial charge in [0.15, 0.2) is 0 Å². The largest absolute Gasteiger partial charge is 0.481 e. The van der Waals surface area contributed by atoms with Crippen LogP contribution in [0, 0.1) is 5.92 Å². The molecule has 1 rings (SSSR count). The number of amides is 1. The van der Waals surface area contributed by atoms with E-state index in [4.69, 9.17) is 15.9 Å². The lowest BCUT2D eigenvalue weighted by atomic mass is 10.1. The molecule has 0 aliphatic carbocycles. The van der Waals surface area contributed by atoms with E-state index in [0.29, 0.717) is 13.1 Å². The molecule has 2 atom stereocenters. The number of aliphatic carboxylic acids is 2. The third-order valence-electron chi connectivity index (χ3n) is 3.10. The zero-order valence-corrected chi connectivity index (χ0v) is 10.0. The maximum atomic E-state index is 11.7. The highest BCUT2D eigenvalue weighted by Crippen LogP contribution is 2.22. The molecule has 1 aliphatic heterocycles. The van der Waals surface area contributed by atoms with Gasteiger partial charge in [-0.1, -0.05) is 0 Å². The van der Waals surface area contributed by atoms with Crippen LogP contribution < -0.4 is 5.73 Å². The SMILES string of the molecule is NCC1CC(=O)N([C@H](CCCC(=O)O)C(=O)O)C1. The van der Waals surface area contributed by atoms with Gasteiger partial charge >= 0.3 is 11.9 Å². The van der Waals surface area contributed by atoms with Gasteiger partial charge in [-0.25, -0.2) is 4.79 Å². The number of likely N-dealkylation sites (tertiary alicyclic amines) is 1. The fraction of sp³-hybridized carbons (Fsp3) is 0.727. The average Bonchev–Trinajstić information content (AvgIpc) is 2.65. The number of carboxylic acid groups (broad SMARTS) is 2. The summed E-state index contributed by atoms with van der Waals surface area (Å²) in [5, 5.41) is 17.6. The Bertz CT molecular complexity index is 344. The van der Waals surface area contributed by atoms with Gasteiger partial charge in [-0.05, 0) is 25.3 Å². The molecule has 0 bridgehead atoms. The van der Waals surface area contributed by atoms with Gasteiger partial charge in [-0.15, -0.1) is 0 Å². The predicted molar refractivity (Wildman–Crippen MR) is 61.8 cm³/mol. The van der Waals surface area contributed by atoms with E-state index in [-0.39, 0.29) is 37.5 Å². The number of carbonyl (C=O) groups excluding carboxylic acids is 1. The Morgan fingerprint density at radius 1 is 1.44 bits per heavy atom. The second-order valence-electron chi connectivity index (χ2n) is 4.49. The number of hydrogen-bond acceptors (Lipinski definition) is 4. The van der Waals surface area contributed by atoms with E-state index in [2.05, 4.69) is 0 Å². The van der Waals surface area contributed by atoms with Gasteiger partial charge in [0.05, 0.1) is 0 Å². The summed E-state index contributed by atoms with van der Waals surface area (Å²) in [5.74, 6) is -2.27. The van der Waals surface area contributed by atoms with Gasteiger partial charge in [-0.3, -0.25) is 9.59 Å². The van der Waals surface area contributed by atoms with E-state index >= 15 is 0 Å². The first-order chi connectivity index (χ1) is 8.45. The second kappa shape index (κ2) is 6.34. The number of hydrogen-bond donors (Lipinski definition) is 3. The van der Waals surface area contributed by atoms with Crippen molar-refractivity contribution in [2.75, 3.05) is 13.1 Å². The monoisotopic (exact) mass is 258 g/mol. The third kappa shape index (κ3) is 3.69. The normalized spacial score (nSPS) is 21.1. The molecule has 0 aromatic heterocycles. The summed E-state index contributed by atoms with van der Waals surface area (Å²) < 4.78 is 0. The highest BCUT2D eigenvalue weighted by atomic mass is 16.4. The number of carbonyl (C=O) groups is 3. The molecule has 1 unspecified atom stereocenters. The molecule has 0 aromatic carbocycles. The topological polar surface area (TPSA) is 121 Å². The summed E-state index contributed by atoms with van der Waals surface area (Å²) in [7, 11) is 0. The van der Waals surface area contributed by atoms with Crippen LogP contribution >= 0.6 is 0 Å². The zero-order chi connectivity index (χ0) is 13.7. The van der Waals surface area contributed by atoms with E-state index < -0.39 is 18.0 Å². The average molecular weight is 258 g/mol. The smallest absolute Gasteiger partial charge is 0.326 e. The van der Waals surface area contributed by atoms with Gasteiger partial charge in [-0.2, -0.15) is 0 Å². The molecule has 1 fully saturated rings. The maximum absolute atomic E-state index is 11.7. The van der Waals surface area contributed by atoms with Crippen LogP contribution in [0.5, 0.6) is 0 Å². The molecule has 4 N–H and O–H groups in total. The lowest BCUT2D eigenvalue weighted by Crippen LogP contribution is -2.42. The van der Waals surface area contributed by atoms with Crippen LogP contribution in [0.3, 0.4) is 0 Å². The van der Waals surface area contributed by atoms with Crippen molar-refractivity contribution in [3.8, 4) is 0 Å². The minimum absolute atomic E-state index is 0.00109. The highest BCUT2D eigenvalue weighted by Gasteiger charge is 2.36. The van der Waals surface area contributed by atoms with Crippen LogP contribution in [0.1, 0.15) is 25.7 Å². The Morgan fingerprint density at radius 3 is 2.56 bits per heavy atom. The molecule has 1 amide bonds. The molecule has 0 saturated carbocycles.